The molecule has 1 aliphatic rings. The van der Waals surface area contributed by atoms with Crippen LogP contribution in [-0.2, 0) is 5.54 Å². The van der Waals surface area contributed by atoms with Crippen molar-refractivity contribution >= 4 is 11.9 Å². The minimum atomic E-state index is -0.315. The summed E-state index contributed by atoms with van der Waals surface area (Å²) in [5.74, 6) is 0. The van der Waals surface area contributed by atoms with Gasteiger partial charge in [-0.2, -0.15) is 0 Å². The number of hydrogen-bond acceptors (Lipinski definition) is 2. The Hall–Kier alpha value is -2.35. The first-order chi connectivity index (χ1) is 12.2. The summed E-state index contributed by atoms with van der Waals surface area (Å²) in [7, 11) is 0. The van der Waals surface area contributed by atoms with Gasteiger partial charge in [0.2, 0.25) is 0 Å². The molecule has 0 aliphatic carbocycles. The van der Waals surface area contributed by atoms with Gasteiger partial charge in [0.1, 0.15) is 5.54 Å². The van der Waals surface area contributed by atoms with E-state index >= 15 is 0 Å². The van der Waals surface area contributed by atoms with Gasteiger partial charge in [-0.3, -0.25) is 4.99 Å². The van der Waals surface area contributed by atoms with E-state index in [-0.39, 0.29) is 16.5 Å². The lowest BCUT2D eigenvalue weighted by molar-refractivity contribution is 0.0237. The van der Waals surface area contributed by atoms with Crippen LogP contribution in [0.2, 0.25) is 0 Å². The normalized spacial score (nSPS) is 20.8. The van der Waals surface area contributed by atoms with Crippen molar-refractivity contribution in [2.75, 3.05) is 0 Å². The van der Waals surface area contributed by atoms with Crippen molar-refractivity contribution in [2.45, 2.75) is 52.6 Å². The molecule has 2 nitrogen and oxygen atoms in total. The second-order valence-corrected chi connectivity index (χ2v) is 9.06. The van der Waals surface area contributed by atoms with Crippen molar-refractivity contribution in [3.63, 3.8) is 0 Å². The summed E-state index contributed by atoms with van der Waals surface area (Å²) in [5.41, 5.74) is 3.02. The Kier molecular flexibility index (Phi) is 4.56. The molecule has 3 rings (SSSR count). The van der Waals surface area contributed by atoms with Crippen LogP contribution >= 0.6 is 0 Å². The van der Waals surface area contributed by atoms with Crippen molar-refractivity contribution in [3.8, 4) is 0 Å². The molecule has 136 valence electrons. The average Bonchev–Trinajstić information content (AvgIpc) is 2.61. The van der Waals surface area contributed by atoms with E-state index in [2.05, 4.69) is 113 Å². The number of aliphatic imine (C=N–C) groups is 1. The van der Waals surface area contributed by atoms with Crippen LogP contribution in [0.25, 0.3) is 5.70 Å². The zero-order valence-electron chi connectivity index (χ0n) is 16.8. The van der Waals surface area contributed by atoms with Gasteiger partial charge in [0.15, 0.2) is 0 Å². The van der Waals surface area contributed by atoms with Crippen LogP contribution in [0.4, 0.5) is 0 Å². The van der Waals surface area contributed by atoms with Crippen LogP contribution in [0.1, 0.15) is 52.7 Å². The standard InChI is InChI=1S/C24H30N2/c1-22(2,3)24(20-15-11-8-12-16-20)18-25-21(17-26(24)23(4,5)6)19-13-9-7-10-14-19/h7-18H,1-6H3/t24-/m1/s1. The van der Waals surface area contributed by atoms with Gasteiger partial charge in [-0.1, -0.05) is 81.4 Å². The highest BCUT2D eigenvalue weighted by molar-refractivity contribution is 5.84. The lowest BCUT2D eigenvalue weighted by Crippen LogP contribution is -2.60. The van der Waals surface area contributed by atoms with E-state index in [1.807, 2.05) is 6.07 Å². The Balaban J connectivity index is 2.23. The molecule has 0 fully saturated rings. The van der Waals surface area contributed by atoms with Crippen LogP contribution in [-0.4, -0.2) is 16.7 Å². The monoisotopic (exact) mass is 346 g/mol. The maximum absolute atomic E-state index is 4.95. The van der Waals surface area contributed by atoms with Crippen molar-refractivity contribution in [2.24, 2.45) is 10.4 Å². The molecule has 1 aliphatic heterocycles. The van der Waals surface area contributed by atoms with Gasteiger partial charge in [0.25, 0.3) is 0 Å². The van der Waals surface area contributed by atoms with Gasteiger partial charge >= 0.3 is 0 Å². The third-order valence-electron chi connectivity index (χ3n) is 5.17. The lowest BCUT2D eigenvalue weighted by Gasteiger charge is -2.56. The van der Waals surface area contributed by atoms with Crippen LogP contribution in [0.15, 0.2) is 71.9 Å². The maximum atomic E-state index is 4.95. The summed E-state index contributed by atoms with van der Waals surface area (Å²) in [6, 6.07) is 21.2. The molecular formula is C24H30N2. The number of benzene rings is 2. The van der Waals surface area contributed by atoms with Crippen LogP contribution < -0.4 is 0 Å². The summed E-state index contributed by atoms with van der Waals surface area (Å²) in [6.07, 6.45) is 4.41. The van der Waals surface area contributed by atoms with Crippen molar-refractivity contribution in [1.82, 2.24) is 4.90 Å². The summed E-state index contributed by atoms with van der Waals surface area (Å²) in [4.78, 5) is 7.45. The SMILES string of the molecule is CC(C)(C)N1C=C(c2ccccc2)N=C[C@@]1(c1ccccc1)C(C)(C)C. The fourth-order valence-corrected chi connectivity index (χ4v) is 3.86. The molecule has 0 aromatic heterocycles. The molecule has 1 heterocycles. The highest BCUT2D eigenvalue weighted by atomic mass is 15.3. The summed E-state index contributed by atoms with van der Waals surface area (Å²) < 4.78 is 0. The predicted molar refractivity (Wildman–Crippen MR) is 112 cm³/mol. The van der Waals surface area contributed by atoms with E-state index in [1.165, 1.54) is 5.56 Å². The fraction of sp³-hybridized carbons (Fsp3) is 0.375. The molecule has 0 amide bonds. The van der Waals surface area contributed by atoms with Crippen LogP contribution in [0.3, 0.4) is 0 Å². The Morgan fingerprint density at radius 3 is 1.81 bits per heavy atom. The molecule has 0 bridgehead atoms. The van der Waals surface area contributed by atoms with Gasteiger partial charge in [-0.25, -0.2) is 0 Å². The van der Waals surface area contributed by atoms with E-state index in [0.29, 0.717) is 0 Å². The quantitative estimate of drug-likeness (QED) is 0.640. The van der Waals surface area contributed by atoms with E-state index in [0.717, 1.165) is 11.3 Å². The first kappa shape index (κ1) is 18.4. The number of rotatable bonds is 2. The molecule has 2 aromatic carbocycles. The number of hydrogen-bond donors (Lipinski definition) is 0. The highest BCUT2D eigenvalue weighted by Gasteiger charge is 2.50. The Labute approximate surface area is 158 Å². The second-order valence-electron chi connectivity index (χ2n) is 9.06. The highest BCUT2D eigenvalue weighted by Crippen LogP contribution is 2.49. The molecule has 1 atom stereocenters. The largest absolute Gasteiger partial charge is 0.355 e. The van der Waals surface area contributed by atoms with Crippen LogP contribution in [0.5, 0.6) is 0 Å². The summed E-state index contributed by atoms with van der Waals surface area (Å²) >= 11 is 0. The fourth-order valence-electron chi connectivity index (χ4n) is 3.86. The molecule has 0 saturated carbocycles. The van der Waals surface area contributed by atoms with E-state index in [1.54, 1.807) is 0 Å². The Morgan fingerprint density at radius 2 is 1.31 bits per heavy atom. The molecule has 0 saturated heterocycles. The van der Waals surface area contributed by atoms with Gasteiger partial charge < -0.3 is 4.90 Å². The van der Waals surface area contributed by atoms with Crippen molar-refractivity contribution in [1.29, 1.82) is 0 Å². The molecule has 0 N–H and O–H groups in total. The third kappa shape index (κ3) is 3.09. The molecule has 0 spiro atoms. The molecule has 2 aromatic rings. The van der Waals surface area contributed by atoms with Gasteiger partial charge in [-0.05, 0) is 31.7 Å². The summed E-state index contributed by atoms with van der Waals surface area (Å²) in [6.45, 7) is 13.7. The molecule has 0 radical (unpaired) electrons. The van der Waals surface area contributed by atoms with Gasteiger partial charge in [0.05, 0.1) is 5.70 Å². The molecular weight excluding hydrogens is 316 g/mol. The van der Waals surface area contributed by atoms with E-state index < -0.39 is 0 Å². The lowest BCUT2D eigenvalue weighted by atomic mass is 9.67. The van der Waals surface area contributed by atoms with Crippen molar-refractivity contribution < 1.29 is 0 Å². The minimum absolute atomic E-state index is 0.0378. The number of nitrogens with zero attached hydrogens (tertiary/aromatic N) is 2. The summed E-state index contributed by atoms with van der Waals surface area (Å²) in [5, 5.41) is 0. The zero-order valence-corrected chi connectivity index (χ0v) is 16.8. The topological polar surface area (TPSA) is 15.6 Å². The maximum Gasteiger partial charge on any atom is 0.106 e. The minimum Gasteiger partial charge on any atom is -0.355 e. The molecule has 0 unspecified atom stereocenters. The third-order valence-corrected chi connectivity index (χ3v) is 5.17. The molecule has 2 heteroatoms. The van der Waals surface area contributed by atoms with E-state index in [9.17, 15) is 0 Å². The molecule has 26 heavy (non-hydrogen) atoms. The van der Waals surface area contributed by atoms with Gasteiger partial charge in [0, 0.05) is 23.5 Å². The average molecular weight is 347 g/mol. The smallest absolute Gasteiger partial charge is 0.106 e. The first-order valence-corrected chi connectivity index (χ1v) is 9.34. The Bertz CT molecular complexity index is 805. The Morgan fingerprint density at radius 1 is 0.769 bits per heavy atom. The predicted octanol–water partition coefficient (Wildman–Crippen LogP) is 6.11. The second kappa shape index (κ2) is 6.42. The van der Waals surface area contributed by atoms with Crippen molar-refractivity contribution in [3.05, 3.63) is 78.0 Å². The zero-order chi connectivity index (χ0) is 19.0. The van der Waals surface area contributed by atoms with Gasteiger partial charge in [-0.15, -0.1) is 0 Å². The first-order valence-electron chi connectivity index (χ1n) is 9.34. The van der Waals surface area contributed by atoms with E-state index in [4.69, 9.17) is 4.99 Å². The van der Waals surface area contributed by atoms with Crippen LogP contribution in [0, 0.1) is 5.41 Å².